The van der Waals surface area contributed by atoms with Crippen LogP contribution in [0.3, 0.4) is 0 Å². The van der Waals surface area contributed by atoms with Crippen molar-refractivity contribution in [2.45, 2.75) is 13.5 Å². The Labute approximate surface area is 155 Å². The smallest absolute Gasteiger partial charge is 0.268 e. The molecule has 1 N–H and O–H groups in total. The van der Waals surface area contributed by atoms with Crippen molar-refractivity contribution in [2.24, 2.45) is 5.10 Å². The molecular formula is C19H17N5O3. The Morgan fingerprint density at radius 2 is 1.89 bits per heavy atom. The first-order valence-electron chi connectivity index (χ1n) is 8.18. The molecule has 3 aromatic rings. The number of hydrogen-bond donors (Lipinski definition) is 1. The van der Waals surface area contributed by atoms with Gasteiger partial charge in [0.15, 0.2) is 5.69 Å². The van der Waals surface area contributed by atoms with Crippen molar-refractivity contribution in [3.05, 3.63) is 93.3 Å². The highest BCUT2D eigenvalue weighted by Crippen LogP contribution is 2.12. The Bertz CT molecular complexity index is 975. The average Bonchev–Trinajstić information content (AvgIpc) is 3.12. The number of non-ortho nitro benzene ring substituents is 1. The van der Waals surface area contributed by atoms with Crippen LogP contribution in [0, 0.1) is 17.0 Å². The van der Waals surface area contributed by atoms with E-state index in [1.807, 2.05) is 31.2 Å². The van der Waals surface area contributed by atoms with Crippen molar-refractivity contribution in [3.8, 4) is 0 Å². The summed E-state index contributed by atoms with van der Waals surface area (Å²) in [4.78, 5) is 22.3. The van der Waals surface area contributed by atoms with Gasteiger partial charge in [-0.25, -0.2) is 5.43 Å². The quantitative estimate of drug-likeness (QED) is 0.413. The maximum Gasteiger partial charge on any atom is 0.291 e. The number of benzene rings is 2. The molecule has 8 heteroatoms. The van der Waals surface area contributed by atoms with Gasteiger partial charge in [-0.1, -0.05) is 42.0 Å². The lowest BCUT2D eigenvalue weighted by atomic mass is 10.2. The normalized spacial score (nSPS) is 10.9. The minimum atomic E-state index is -0.447. The minimum absolute atomic E-state index is 0.0331. The number of hydrazone groups is 1. The summed E-state index contributed by atoms with van der Waals surface area (Å²) < 4.78 is 1.58. The zero-order valence-electron chi connectivity index (χ0n) is 14.6. The van der Waals surface area contributed by atoms with E-state index in [1.54, 1.807) is 35.3 Å². The zero-order valence-corrected chi connectivity index (χ0v) is 14.6. The molecule has 0 unspecified atom stereocenters. The Hall–Kier alpha value is -3.81. The number of carbonyl (C=O) groups is 1. The summed E-state index contributed by atoms with van der Waals surface area (Å²) in [5, 5.41) is 18.8. The largest absolute Gasteiger partial charge is 0.291 e. The van der Waals surface area contributed by atoms with Gasteiger partial charge >= 0.3 is 0 Å². The lowest BCUT2D eigenvalue weighted by molar-refractivity contribution is -0.384. The number of hydrogen-bond acceptors (Lipinski definition) is 5. The first kappa shape index (κ1) is 18.0. The highest BCUT2D eigenvalue weighted by Gasteiger charge is 2.09. The summed E-state index contributed by atoms with van der Waals surface area (Å²) in [6.07, 6.45) is 3.23. The molecular weight excluding hydrogens is 346 g/mol. The van der Waals surface area contributed by atoms with Crippen LogP contribution < -0.4 is 5.43 Å². The Balaban J connectivity index is 1.58. The van der Waals surface area contributed by atoms with Crippen molar-refractivity contribution in [2.75, 3.05) is 0 Å². The third kappa shape index (κ3) is 4.85. The van der Waals surface area contributed by atoms with Crippen molar-refractivity contribution in [1.82, 2.24) is 15.2 Å². The zero-order chi connectivity index (χ0) is 19.2. The topological polar surface area (TPSA) is 102 Å². The Kier molecular flexibility index (Phi) is 5.36. The predicted octanol–water partition coefficient (Wildman–Crippen LogP) is 2.91. The summed E-state index contributed by atoms with van der Waals surface area (Å²) in [5.74, 6) is -0.416. The van der Waals surface area contributed by atoms with Crippen LogP contribution in [-0.4, -0.2) is 26.8 Å². The molecule has 0 saturated heterocycles. The monoisotopic (exact) mass is 363 g/mol. The van der Waals surface area contributed by atoms with Gasteiger partial charge in [0.2, 0.25) is 0 Å². The number of rotatable bonds is 6. The van der Waals surface area contributed by atoms with Gasteiger partial charge in [-0.05, 0) is 24.1 Å². The van der Waals surface area contributed by atoms with Crippen molar-refractivity contribution in [3.63, 3.8) is 0 Å². The molecule has 0 saturated carbocycles. The summed E-state index contributed by atoms with van der Waals surface area (Å²) in [6, 6.07) is 15.5. The molecule has 1 aromatic heterocycles. The lowest BCUT2D eigenvalue weighted by Gasteiger charge is -2.01. The molecule has 27 heavy (non-hydrogen) atoms. The van der Waals surface area contributed by atoms with E-state index >= 15 is 0 Å². The summed E-state index contributed by atoms with van der Waals surface area (Å²) in [5.41, 5.74) is 5.57. The minimum Gasteiger partial charge on any atom is -0.268 e. The van der Waals surface area contributed by atoms with Gasteiger partial charge in [0.25, 0.3) is 11.6 Å². The summed E-state index contributed by atoms with van der Waals surface area (Å²) in [6.45, 7) is 2.40. The SMILES string of the molecule is Cc1ccc(C=NNC(=O)c2ccn(Cc3ccc([N+](=O)[O-])cc3)n2)cc1. The van der Waals surface area contributed by atoms with Crippen LogP contribution in [0.1, 0.15) is 27.2 Å². The first-order valence-corrected chi connectivity index (χ1v) is 8.18. The molecule has 0 bridgehead atoms. The maximum atomic E-state index is 12.1. The number of nitrogens with one attached hydrogen (secondary N) is 1. The van der Waals surface area contributed by atoms with Crippen LogP contribution in [0.2, 0.25) is 0 Å². The number of nitro groups is 1. The molecule has 1 heterocycles. The Morgan fingerprint density at radius 3 is 2.56 bits per heavy atom. The third-order valence-electron chi connectivity index (χ3n) is 3.82. The second-order valence-electron chi connectivity index (χ2n) is 5.93. The van der Waals surface area contributed by atoms with Crippen LogP contribution in [0.25, 0.3) is 0 Å². The molecule has 2 aromatic carbocycles. The summed E-state index contributed by atoms with van der Waals surface area (Å²) >= 11 is 0. The lowest BCUT2D eigenvalue weighted by Crippen LogP contribution is -2.18. The van der Waals surface area contributed by atoms with E-state index in [1.165, 1.54) is 12.1 Å². The second-order valence-corrected chi connectivity index (χ2v) is 5.93. The number of nitrogens with zero attached hydrogens (tertiary/aromatic N) is 4. The van der Waals surface area contributed by atoms with Gasteiger partial charge in [0.1, 0.15) is 0 Å². The van der Waals surface area contributed by atoms with E-state index in [9.17, 15) is 14.9 Å². The number of nitro benzene ring substituents is 1. The van der Waals surface area contributed by atoms with Crippen LogP contribution >= 0.6 is 0 Å². The van der Waals surface area contributed by atoms with Crippen LogP contribution in [0.4, 0.5) is 5.69 Å². The molecule has 0 aliphatic carbocycles. The average molecular weight is 363 g/mol. The van der Waals surface area contributed by atoms with Crippen molar-refractivity contribution in [1.29, 1.82) is 0 Å². The van der Waals surface area contributed by atoms with Gasteiger partial charge in [-0.2, -0.15) is 10.2 Å². The highest BCUT2D eigenvalue weighted by molar-refractivity contribution is 5.93. The van der Waals surface area contributed by atoms with E-state index in [-0.39, 0.29) is 11.4 Å². The molecule has 0 atom stereocenters. The van der Waals surface area contributed by atoms with E-state index in [0.717, 1.165) is 16.7 Å². The van der Waals surface area contributed by atoms with Gasteiger partial charge in [-0.15, -0.1) is 0 Å². The van der Waals surface area contributed by atoms with Crippen LogP contribution in [0.5, 0.6) is 0 Å². The van der Waals surface area contributed by atoms with Crippen LogP contribution in [0.15, 0.2) is 65.9 Å². The van der Waals surface area contributed by atoms with Gasteiger partial charge in [0.05, 0.1) is 17.7 Å². The molecule has 136 valence electrons. The maximum absolute atomic E-state index is 12.1. The van der Waals surface area contributed by atoms with Crippen molar-refractivity contribution < 1.29 is 9.72 Å². The molecule has 0 aliphatic rings. The van der Waals surface area contributed by atoms with E-state index in [4.69, 9.17) is 0 Å². The van der Waals surface area contributed by atoms with Crippen molar-refractivity contribution >= 4 is 17.8 Å². The van der Waals surface area contributed by atoms with E-state index in [2.05, 4.69) is 15.6 Å². The Morgan fingerprint density at radius 1 is 1.19 bits per heavy atom. The van der Waals surface area contributed by atoms with Crippen LogP contribution in [-0.2, 0) is 6.54 Å². The van der Waals surface area contributed by atoms with Gasteiger partial charge < -0.3 is 0 Å². The van der Waals surface area contributed by atoms with Gasteiger partial charge in [-0.3, -0.25) is 19.6 Å². The molecule has 1 amide bonds. The molecule has 0 fully saturated rings. The fourth-order valence-corrected chi connectivity index (χ4v) is 2.36. The van der Waals surface area contributed by atoms with E-state index < -0.39 is 10.8 Å². The fourth-order valence-electron chi connectivity index (χ4n) is 2.36. The molecule has 0 radical (unpaired) electrons. The second kappa shape index (κ2) is 8.05. The number of amides is 1. The predicted molar refractivity (Wildman–Crippen MR) is 101 cm³/mol. The fraction of sp³-hybridized carbons (Fsp3) is 0.105. The first-order chi connectivity index (χ1) is 13.0. The molecule has 0 aliphatic heterocycles. The number of aryl methyl sites for hydroxylation is 1. The standard InChI is InChI=1S/C19H17N5O3/c1-14-2-4-15(5-3-14)12-20-21-19(25)18-10-11-23(22-18)13-16-6-8-17(9-7-16)24(26)27/h2-12H,13H2,1H3,(H,21,25). The third-order valence-corrected chi connectivity index (χ3v) is 3.82. The number of aromatic nitrogens is 2. The van der Waals surface area contributed by atoms with Gasteiger partial charge in [0, 0.05) is 18.3 Å². The summed E-state index contributed by atoms with van der Waals surface area (Å²) in [7, 11) is 0. The van der Waals surface area contributed by atoms with E-state index in [0.29, 0.717) is 6.54 Å². The highest BCUT2D eigenvalue weighted by atomic mass is 16.6. The molecule has 0 spiro atoms. The number of carbonyl (C=O) groups excluding carboxylic acids is 1. The molecule has 3 rings (SSSR count). The molecule has 8 nitrogen and oxygen atoms in total.